The normalized spacial score (nSPS) is 23.4. The van der Waals surface area contributed by atoms with Crippen molar-refractivity contribution in [3.63, 3.8) is 0 Å². The number of hydrogen-bond donors (Lipinski definition) is 1. The van der Waals surface area contributed by atoms with Crippen molar-refractivity contribution in [2.75, 3.05) is 5.32 Å². The SMILES string of the molecule is Cc1cc(NC2CCCC(C(F)(F)F)C2)n2ncnc2n1. The lowest BCUT2D eigenvalue weighted by Crippen LogP contribution is -2.35. The number of rotatable bonds is 2. The van der Waals surface area contributed by atoms with Crippen molar-refractivity contribution in [3.05, 3.63) is 18.1 Å². The summed E-state index contributed by atoms with van der Waals surface area (Å²) in [4.78, 5) is 8.22. The van der Waals surface area contributed by atoms with Gasteiger partial charge in [0.1, 0.15) is 12.1 Å². The standard InChI is InChI=1S/C13H16F3N5/c1-8-5-11(21-12(19-8)17-7-18-21)20-10-4-2-3-9(6-10)13(14,15)16/h5,7,9-10,20H,2-4,6H2,1H3. The summed E-state index contributed by atoms with van der Waals surface area (Å²) in [5.41, 5.74) is 0.751. The Labute approximate surface area is 119 Å². The van der Waals surface area contributed by atoms with Crippen molar-refractivity contribution in [2.24, 2.45) is 5.92 Å². The summed E-state index contributed by atoms with van der Waals surface area (Å²) in [5, 5.41) is 7.22. The average molecular weight is 299 g/mol. The Morgan fingerprint density at radius 3 is 2.90 bits per heavy atom. The second-order valence-corrected chi connectivity index (χ2v) is 5.50. The number of nitrogens with one attached hydrogen (secondary N) is 1. The Balaban J connectivity index is 1.80. The van der Waals surface area contributed by atoms with Gasteiger partial charge in [0.25, 0.3) is 5.78 Å². The van der Waals surface area contributed by atoms with E-state index in [4.69, 9.17) is 0 Å². The first-order valence-electron chi connectivity index (χ1n) is 6.94. The molecule has 0 aliphatic heterocycles. The maximum atomic E-state index is 12.9. The van der Waals surface area contributed by atoms with E-state index in [9.17, 15) is 13.2 Å². The van der Waals surface area contributed by atoms with Crippen LogP contribution in [0.2, 0.25) is 0 Å². The number of nitrogens with zero attached hydrogens (tertiary/aromatic N) is 4. The van der Waals surface area contributed by atoms with Gasteiger partial charge in [0.2, 0.25) is 0 Å². The number of alkyl halides is 3. The largest absolute Gasteiger partial charge is 0.391 e. The number of hydrogen-bond acceptors (Lipinski definition) is 4. The van der Waals surface area contributed by atoms with Gasteiger partial charge in [-0.25, -0.2) is 4.98 Å². The van der Waals surface area contributed by atoms with Crippen molar-refractivity contribution in [2.45, 2.75) is 44.8 Å². The molecule has 0 spiro atoms. The molecular formula is C13H16F3N5. The van der Waals surface area contributed by atoms with Gasteiger partial charge >= 0.3 is 6.18 Å². The lowest BCUT2D eigenvalue weighted by Gasteiger charge is -2.31. The third kappa shape index (κ3) is 2.93. The Hall–Kier alpha value is -1.86. The molecule has 2 aromatic heterocycles. The molecule has 114 valence electrons. The van der Waals surface area contributed by atoms with Crippen LogP contribution >= 0.6 is 0 Å². The zero-order valence-corrected chi connectivity index (χ0v) is 11.6. The Kier molecular flexibility index (Phi) is 3.46. The van der Waals surface area contributed by atoms with Crippen molar-refractivity contribution in [1.82, 2.24) is 19.6 Å². The number of fused-ring (bicyclic) bond motifs is 1. The van der Waals surface area contributed by atoms with Crippen LogP contribution in [0.1, 0.15) is 31.4 Å². The molecule has 0 saturated heterocycles. The molecule has 1 N–H and O–H groups in total. The minimum atomic E-state index is -4.11. The Morgan fingerprint density at radius 1 is 1.33 bits per heavy atom. The van der Waals surface area contributed by atoms with E-state index in [1.165, 1.54) is 10.8 Å². The fraction of sp³-hybridized carbons (Fsp3) is 0.615. The predicted octanol–water partition coefficient (Wildman–Crippen LogP) is 2.97. The molecule has 0 amide bonds. The van der Waals surface area contributed by atoms with Gasteiger partial charge < -0.3 is 5.32 Å². The van der Waals surface area contributed by atoms with Gasteiger partial charge in [-0.05, 0) is 26.2 Å². The molecular weight excluding hydrogens is 283 g/mol. The highest BCUT2D eigenvalue weighted by atomic mass is 19.4. The number of halogens is 3. The molecule has 2 aromatic rings. The summed E-state index contributed by atoms with van der Waals surface area (Å²) < 4.78 is 40.1. The number of aromatic nitrogens is 4. The molecule has 1 aliphatic carbocycles. The van der Waals surface area contributed by atoms with E-state index >= 15 is 0 Å². The quantitative estimate of drug-likeness (QED) is 0.926. The molecule has 0 bridgehead atoms. The van der Waals surface area contributed by atoms with Gasteiger partial charge in [0, 0.05) is 17.8 Å². The fourth-order valence-electron chi connectivity index (χ4n) is 2.86. The second kappa shape index (κ2) is 5.16. The minimum Gasteiger partial charge on any atom is -0.367 e. The first kappa shape index (κ1) is 14.1. The lowest BCUT2D eigenvalue weighted by molar-refractivity contribution is -0.182. The van der Waals surface area contributed by atoms with Crippen LogP contribution in [0, 0.1) is 12.8 Å². The number of anilines is 1. The predicted molar refractivity (Wildman–Crippen MR) is 70.9 cm³/mol. The highest BCUT2D eigenvalue weighted by Crippen LogP contribution is 2.38. The van der Waals surface area contributed by atoms with Crippen LogP contribution in [0.15, 0.2) is 12.4 Å². The molecule has 1 aliphatic rings. The maximum absolute atomic E-state index is 12.9. The molecule has 0 aromatic carbocycles. The second-order valence-electron chi connectivity index (χ2n) is 5.50. The van der Waals surface area contributed by atoms with Crippen molar-refractivity contribution >= 4 is 11.6 Å². The summed E-state index contributed by atoms with van der Waals surface area (Å²) >= 11 is 0. The lowest BCUT2D eigenvalue weighted by atomic mass is 9.85. The monoisotopic (exact) mass is 299 g/mol. The molecule has 2 atom stereocenters. The molecule has 5 nitrogen and oxygen atoms in total. The zero-order valence-electron chi connectivity index (χ0n) is 11.6. The van der Waals surface area contributed by atoms with Crippen LogP contribution in [-0.2, 0) is 0 Å². The third-order valence-electron chi connectivity index (χ3n) is 3.87. The van der Waals surface area contributed by atoms with E-state index in [2.05, 4.69) is 20.4 Å². The van der Waals surface area contributed by atoms with Crippen LogP contribution < -0.4 is 5.32 Å². The zero-order chi connectivity index (χ0) is 15.0. The highest BCUT2D eigenvalue weighted by Gasteiger charge is 2.42. The van der Waals surface area contributed by atoms with Crippen molar-refractivity contribution in [3.8, 4) is 0 Å². The minimum absolute atomic E-state index is 0.0983. The molecule has 2 unspecified atom stereocenters. The van der Waals surface area contributed by atoms with Crippen LogP contribution in [0.4, 0.5) is 19.0 Å². The first-order valence-corrected chi connectivity index (χ1v) is 6.94. The van der Waals surface area contributed by atoms with Gasteiger partial charge in [0.05, 0.1) is 5.92 Å². The molecule has 1 fully saturated rings. The Bertz CT molecular complexity index is 636. The molecule has 2 heterocycles. The molecule has 21 heavy (non-hydrogen) atoms. The maximum Gasteiger partial charge on any atom is 0.391 e. The summed E-state index contributed by atoms with van der Waals surface area (Å²) in [7, 11) is 0. The van der Waals surface area contributed by atoms with E-state index in [-0.39, 0.29) is 18.9 Å². The highest BCUT2D eigenvalue weighted by molar-refractivity contribution is 5.45. The van der Waals surface area contributed by atoms with Gasteiger partial charge in [-0.15, -0.1) is 0 Å². The summed E-state index contributed by atoms with van der Waals surface area (Å²) in [6.45, 7) is 1.82. The smallest absolute Gasteiger partial charge is 0.367 e. The van der Waals surface area contributed by atoms with Gasteiger partial charge in [-0.3, -0.25) is 0 Å². The van der Waals surface area contributed by atoms with Crippen LogP contribution in [0.25, 0.3) is 5.78 Å². The van der Waals surface area contributed by atoms with Crippen molar-refractivity contribution in [1.29, 1.82) is 0 Å². The topological polar surface area (TPSA) is 55.1 Å². The van der Waals surface area contributed by atoms with Gasteiger partial charge in [-0.2, -0.15) is 27.8 Å². The van der Waals surface area contributed by atoms with E-state index in [0.29, 0.717) is 18.0 Å². The third-order valence-corrected chi connectivity index (χ3v) is 3.87. The molecule has 1 saturated carbocycles. The van der Waals surface area contributed by atoms with Crippen molar-refractivity contribution < 1.29 is 13.2 Å². The fourth-order valence-corrected chi connectivity index (χ4v) is 2.86. The summed E-state index contributed by atoms with van der Waals surface area (Å²) in [6, 6.07) is 1.57. The summed E-state index contributed by atoms with van der Waals surface area (Å²) in [6.07, 6.45) is -1.11. The van der Waals surface area contributed by atoms with Crippen LogP contribution in [0.3, 0.4) is 0 Å². The molecule has 3 rings (SSSR count). The van der Waals surface area contributed by atoms with E-state index in [0.717, 1.165) is 12.1 Å². The van der Waals surface area contributed by atoms with Crippen LogP contribution in [-0.4, -0.2) is 31.8 Å². The molecule has 0 radical (unpaired) electrons. The first-order chi connectivity index (χ1) is 9.93. The summed E-state index contributed by atoms with van der Waals surface area (Å²) in [5.74, 6) is -0.138. The average Bonchev–Trinajstić information content (AvgIpc) is 2.86. The van der Waals surface area contributed by atoms with Gasteiger partial charge in [0.15, 0.2) is 0 Å². The van der Waals surface area contributed by atoms with E-state index in [1.54, 1.807) is 6.07 Å². The van der Waals surface area contributed by atoms with Crippen LogP contribution in [0.5, 0.6) is 0 Å². The molecule has 8 heteroatoms. The van der Waals surface area contributed by atoms with E-state index in [1.807, 2.05) is 6.92 Å². The Morgan fingerprint density at radius 2 is 2.14 bits per heavy atom. The van der Waals surface area contributed by atoms with Gasteiger partial charge in [-0.1, -0.05) is 6.42 Å². The number of aryl methyl sites for hydroxylation is 1. The van der Waals surface area contributed by atoms with E-state index < -0.39 is 12.1 Å².